The van der Waals surface area contributed by atoms with Gasteiger partial charge in [-0.2, -0.15) is 5.26 Å². The molecule has 0 spiro atoms. The van der Waals surface area contributed by atoms with Crippen molar-refractivity contribution in [3.63, 3.8) is 0 Å². The van der Waals surface area contributed by atoms with Crippen LogP contribution in [0, 0.1) is 11.3 Å². The minimum Gasteiger partial charge on any atom is -0.477 e. The van der Waals surface area contributed by atoms with E-state index in [0.29, 0.717) is 5.56 Å². The summed E-state index contributed by atoms with van der Waals surface area (Å²) in [6.07, 6.45) is 3.25. The first-order chi connectivity index (χ1) is 10.7. The highest BCUT2D eigenvalue weighted by molar-refractivity contribution is 6.00. The summed E-state index contributed by atoms with van der Waals surface area (Å²) in [5, 5.41) is 18.9. The van der Waals surface area contributed by atoms with E-state index in [1.807, 2.05) is 65.4 Å². The molecule has 22 heavy (non-hydrogen) atoms. The maximum atomic E-state index is 11.1. The summed E-state index contributed by atoms with van der Waals surface area (Å²) in [4.78, 5) is 11.1. The molecule has 2 aromatic carbocycles. The molecule has 4 nitrogen and oxygen atoms in total. The number of aromatic nitrogens is 1. The molecule has 0 amide bonds. The summed E-state index contributed by atoms with van der Waals surface area (Å²) >= 11 is 0. The molecule has 0 saturated heterocycles. The van der Waals surface area contributed by atoms with Crippen LogP contribution in [-0.2, 0) is 4.79 Å². The zero-order chi connectivity index (χ0) is 15.5. The predicted octanol–water partition coefficient (Wildman–Crippen LogP) is 3.62. The van der Waals surface area contributed by atoms with Gasteiger partial charge in [-0.05, 0) is 24.3 Å². The number of nitrogens with zero attached hydrogens (tertiary/aromatic N) is 2. The van der Waals surface area contributed by atoms with Gasteiger partial charge in [0.1, 0.15) is 11.6 Å². The molecule has 0 aliphatic heterocycles. The second-order valence-electron chi connectivity index (χ2n) is 4.78. The van der Waals surface area contributed by atoms with Crippen LogP contribution < -0.4 is 0 Å². The van der Waals surface area contributed by atoms with Gasteiger partial charge in [-0.1, -0.05) is 36.4 Å². The highest BCUT2D eigenvalue weighted by Crippen LogP contribution is 2.26. The standard InChI is InChI=1S/C18H12N2O2/c19-11-13(18(21)22)10-14-12-20(15-6-2-1-3-7-15)17-9-5-4-8-16(14)17/h1-10,12H,(H,21,22)/b13-10+. The number of carboxylic acid groups (broad SMARTS) is 1. The summed E-state index contributed by atoms with van der Waals surface area (Å²) in [5.41, 5.74) is 2.36. The summed E-state index contributed by atoms with van der Waals surface area (Å²) < 4.78 is 1.98. The molecule has 106 valence electrons. The minimum atomic E-state index is -1.22. The van der Waals surface area contributed by atoms with Crippen LogP contribution in [0.1, 0.15) is 5.56 Å². The van der Waals surface area contributed by atoms with Crippen molar-refractivity contribution in [2.24, 2.45) is 0 Å². The third-order valence-electron chi connectivity index (χ3n) is 3.43. The summed E-state index contributed by atoms with van der Waals surface area (Å²) in [6, 6.07) is 19.2. The van der Waals surface area contributed by atoms with Gasteiger partial charge in [0.25, 0.3) is 0 Å². The SMILES string of the molecule is N#C/C(=C\c1cn(-c2ccccc2)c2ccccc12)C(=O)O. The van der Waals surface area contributed by atoms with Crippen molar-refractivity contribution in [2.75, 3.05) is 0 Å². The van der Waals surface area contributed by atoms with Crippen molar-refractivity contribution in [3.05, 3.63) is 71.9 Å². The van der Waals surface area contributed by atoms with E-state index < -0.39 is 5.97 Å². The predicted molar refractivity (Wildman–Crippen MR) is 84.5 cm³/mol. The van der Waals surface area contributed by atoms with Gasteiger partial charge in [-0.3, -0.25) is 0 Å². The number of hydrogen-bond donors (Lipinski definition) is 1. The molecule has 3 aromatic rings. The summed E-state index contributed by atoms with van der Waals surface area (Å²) in [7, 11) is 0. The number of carboxylic acids is 1. The molecule has 0 aliphatic carbocycles. The van der Waals surface area contributed by atoms with Crippen LogP contribution in [0.5, 0.6) is 0 Å². The third-order valence-corrected chi connectivity index (χ3v) is 3.43. The molecule has 1 heterocycles. The van der Waals surface area contributed by atoms with E-state index in [-0.39, 0.29) is 5.57 Å². The highest BCUT2D eigenvalue weighted by Gasteiger charge is 2.11. The maximum absolute atomic E-state index is 11.1. The molecule has 0 aliphatic rings. The number of rotatable bonds is 3. The van der Waals surface area contributed by atoms with Gasteiger partial charge in [0.2, 0.25) is 0 Å². The van der Waals surface area contributed by atoms with Gasteiger partial charge in [0.15, 0.2) is 0 Å². The van der Waals surface area contributed by atoms with E-state index in [9.17, 15) is 4.79 Å². The molecular weight excluding hydrogens is 276 g/mol. The first kappa shape index (κ1) is 13.7. The molecule has 1 aromatic heterocycles. The normalized spacial score (nSPS) is 11.3. The van der Waals surface area contributed by atoms with E-state index in [1.54, 1.807) is 6.07 Å². The lowest BCUT2D eigenvalue weighted by Crippen LogP contribution is -1.97. The molecule has 0 bridgehead atoms. The fraction of sp³-hybridized carbons (Fsp3) is 0. The zero-order valence-corrected chi connectivity index (χ0v) is 11.6. The fourth-order valence-corrected chi connectivity index (χ4v) is 2.42. The number of carbonyl (C=O) groups is 1. The third kappa shape index (κ3) is 2.36. The van der Waals surface area contributed by atoms with Crippen molar-refractivity contribution in [1.29, 1.82) is 5.26 Å². The van der Waals surface area contributed by atoms with E-state index in [4.69, 9.17) is 10.4 Å². The van der Waals surface area contributed by atoms with Gasteiger partial charge in [-0.25, -0.2) is 4.79 Å². The first-order valence-corrected chi connectivity index (χ1v) is 6.71. The highest BCUT2D eigenvalue weighted by atomic mass is 16.4. The summed E-state index contributed by atoms with van der Waals surface area (Å²) in [5.74, 6) is -1.22. The van der Waals surface area contributed by atoms with Gasteiger partial charge in [-0.15, -0.1) is 0 Å². The van der Waals surface area contributed by atoms with Crippen LogP contribution in [-0.4, -0.2) is 15.6 Å². The number of aliphatic carboxylic acids is 1. The van der Waals surface area contributed by atoms with Gasteiger partial charge >= 0.3 is 5.97 Å². The van der Waals surface area contributed by atoms with E-state index in [1.165, 1.54) is 6.08 Å². The Balaban J connectivity index is 2.26. The fourth-order valence-electron chi connectivity index (χ4n) is 2.42. The van der Waals surface area contributed by atoms with Crippen LogP contribution in [0.2, 0.25) is 0 Å². The largest absolute Gasteiger partial charge is 0.477 e. The van der Waals surface area contributed by atoms with Crippen molar-refractivity contribution in [1.82, 2.24) is 4.57 Å². The molecular formula is C18H12N2O2. The molecule has 4 heteroatoms. The lowest BCUT2D eigenvalue weighted by atomic mass is 10.1. The average Bonchev–Trinajstić information content (AvgIpc) is 2.92. The van der Waals surface area contributed by atoms with Crippen molar-refractivity contribution < 1.29 is 9.90 Å². The molecule has 0 unspecified atom stereocenters. The van der Waals surface area contributed by atoms with Crippen molar-refractivity contribution in [2.45, 2.75) is 0 Å². The Hall–Kier alpha value is -3.32. The molecule has 1 N–H and O–H groups in total. The van der Waals surface area contributed by atoms with E-state index in [2.05, 4.69) is 0 Å². The quantitative estimate of drug-likeness (QED) is 0.591. The Morgan fingerprint density at radius 1 is 1.09 bits per heavy atom. The molecule has 3 rings (SSSR count). The van der Waals surface area contributed by atoms with Crippen LogP contribution in [0.4, 0.5) is 0 Å². The smallest absolute Gasteiger partial charge is 0.346 e. The molecule has 0 atom stereocenters. The topological polar surface area (TPSA) is 66.0 Å². The zero-order valence-electron chi connectivity index (χ0n) is 11.6. The molecule has 0 fully saturated rings. The van der Waals surface area contributed by atoms with Gasteiger partial charge in [0, 0.05) is 22.8 Å². The second kappa shape index (κ2) is 5.58. The minimum absolute atomic E-state index is 0.282. The number of para-hydroxylation sites is 2. The Labute approximate surface area is 127 Å². The number of fused-ring (bicyclic) bond motifs is 1. The van der Waals surface area contributed by atoms with Crippen LogP contribution >= 0.6 is 0 Å². The number of hydrogen-bond acceptors (Lipinski definition) is 2. The maximum Gasteiger partial charge on any atom is 0.346 e. The molecule has 0 radical (unpaired) electrons. The van der Waals surface area contributed by atoms with Crippen LogP contribution in [0.3, 0.4) is 0 Å². The second-order valence-corrected chi connectivity index (χ2v) is 4.78. The number of benzene rings is 2. The lowest BCUT2D eigenvalue weighted by molar-refractivity contribution is -0.132. The van der Waals surface area contributed by atoms with Gasteiger partial charge < -0.3 is 9.67 Å². The van der Waals surface area contributed by atoms with Crippen LogP contribution in [0.25, 0.3) is 22.7 Å². The van der Waals surface area contributed by atoms with Gasteiger partial charge in [0.05, 0.1) is 5.52 Å². The Morgan fingerprint density at radius 2 is 1.77 bits per heavy atom. The Morgan fingerprint density at radius 3 is 2.45 bits per heavy atom. The van der Waals surface area contributed by atoms with Crippen molar-refractivity contribution in [3.8, 4) is 11.8 Å². The average molecular weight is 288 g/mol. The van der Waals surface area contributed by atoms with Crippen LogP contribution in [0.15, 0.2) is 66.4 Å². The number of nitriles is 1. The van der Waals surface area contributed by atoms with E-state index >= 15 is 0 Å². The molecule has 0 saturated carbocycles. The Bertz CT molecular complexity index is 915. The Kier molecular flexibility index (Phi) is 3.47. The lowest BCUT2D eigenvalue weighted by Gasteiger charge is -2.04. The summed E-state index contributed by atoms with van der Waals surface area (Å²) in [6.45, 7) is 0. The first-order valence-electron chi connectivity index (χ1n) is 6.71. The monoisotopic (exact) mass is 288 g/mol. The van der Waals surface area contributed by atoms with E-state index in [0.717, 1.165) is 16.6 Å². The van der Waals surface area contributed by atoms with Crippen molar-refractivity contribution >= 4 is 22.9 Å².